The van der Waals surface area contributed by atoms with E-state index in [4.69, 9.17) is 5.73 Å². The molecule has 3 N–H and O–H groups in total. The third-order valence-corrected chi connectivity index (χ3v) is 2.10. The molecule has 6 heteroatoms. The molecule has 0 amide bonds. The molecule has 0 radical (unpaired) electrons. The SMILES string of the molecule is Nc1cc(-c2cccc(C(F)(F)F)c2)[nH]n1. The Morgan fingerprint density at radius 3 is 2.50 bits per heavy atom. The fraction of sp³-hybridized carbons (Fsp3) is 0.100. The maximum atomic E-state index is 12.4. The van der Waals surface area contributed by atoms with Gasteiger partial charge in [-0.1, -0.05) is 12.1 Å². The molecule has 0 aliphatic carbocycles. The Bertz CT molecular complexity index is 502. The highest BCUT2D eigenvalue weighted by Crippen LogP contribution is 2.31. The fourth-order valence-electron chi connectivity index (χ4n) is 1.35. The molecule has 2 rings (SSSR count). The number of nitrogens with one attached hydrogen (secondary N) is 1. The van der Waals surface area contributed by atoms with E-state index >= 15 is 0 Å². The van der Waals surface area contributed by atoms with Crippen LogP contribution >= 0.6 is 0 Å². The summed E-state index contributed by atoms with van der Waals surface area (Å²) in [6.07, 6.45) is -4.35. The van der Waals surface area contributed by atoms with Gasteiger partial charge in [-0.15, -0.1) is 0 Å². The van der Waals surface area contributed by atoms with E-state index in [0.29, 0.717) is 11.3 Å². The van der Waals surface area contributed by atoms with Gasteiger partial charge in [0.15, 0.2) is 0 Å². The van der Waals surface area contributed by atoms with Crippen LogP contribution in [0.25, 0.3) is 11.3 Å². The number of hydrogen-bond acceptors (Lipinski definition) is 2. The van der Waals surface area contributed by atoms with Gasteiger partial charge in [0.1, 0.15) is 5.82 Å². The smallest absolute Gasteiger partial charge is 0.382 e. The normalized spacial score (nSPS) is 11.7. The first-order valence-electron chi connectivity index (χ1n) is 4.45. The Morgan fingerprint density at radius 2 is 1.94 bits per heavy atom. The third kappa shape index (κ3) is 2.00. The number of anilines is 1. The van der Waals surface area contributed by atoms with Gasteiger partial charge in [0, 0.05) is 11.6 Å². The first-order valence-corrected chi connectivity index (χ1v) is 4.45. The van der Waals surface area contributed by atoms with Crippen molar-refractivity contribution in [1.29, 1.82) is 0 Å². The molecule has 0 unspecified atom stereocenters. The number of halogens is 3. The van der Waals surface area contributed by atoms with Crippen LogP contribution in [-0.2, 0) is 6.18 Å². The molecule has 3 nitrogen and oxygen atoms in total. The van der Waals surface area contributed by atoms with E-state index in [-0.39, 0.29) is 5.82 Å². The summed E-state index contributed by atoms with van der Waals surface area (Å²) >= 11 is 0. The number of nitrogens with zero attached hydrogens (tertiary/aromatic N) is 1. The quantitative estimate of drug-likeness (QED) is 0.786. The Hall–Kier alpha value is -1.98. The average Bonchev–Trinajstić information content (AvgIpc) is 2.64. The number of benzene rings is 1. The molecule has 0 fully saturated rings. The predicted octanol–water partition coefficient (Wildman–Crippen LogP) is 2.68. The van der Waals surface area contributed by atoms with E-state index < -0.39 is 11.7 Å². The molecule has 0 saturated carbocycles. The summed E-state index contributed by atoms with van der Waals surface area (Å²) in [5, 5.41) is 6.21. The number of aromatic nitrogens is 2. The van der Waals surface area contributed by atoms with Gasteiger partial charge in [-0.05, 0) is 12.1 Å². The highest BCUT2D eigenvalue weighted by atomic mass is 19.4. The van der Waals surface area contributed by atoms with Gasteiger partial charge in [0.05, 0.1) is 11.3 Å². The van der Waals surface area contributed by atoms with Crippen molar-refractivity contribution in [2.45, 2.75) is 6.18 Å². The molecule has 0 atom stereocenters. The molecule has 0 aliphatic heterocycles. The molecular formula is C10H8F3N3. The minimum absolute atomic E-state index is 0.243. The van der Waals surface area contributed by atoms with Gasteiger partial charge in [-0.25, -0.2) is 0 Å². The van der Waals surface area contributed by atoms with Crippen molar-refractivity contribution in [3.05, 3.63) is 35.9 Å². The molecule has 0 spiro atoms. The Morgan fingerprint density at radius 1 is 1.19 bits per heavy atom. The summed E-state index contributed by atoms with van der Waals surface area (Å²) in [6, 6.07) is 6.45. The molecule has 1 aromatic heterocycles. The lowest BCUT2D eigenvalue weighted by molar-refractivity contribution is -0.137. The van der Waals surface area contributed by atoms with Crippen LogP contribution in [0.1, 0.15) is 5.56 Å². The Kier molecular flexibility index (Phi) is 2.34. The van der Waals surface area contributed by atoms with Crippen molar-refractivity contribution >= 4 is 5.82 Å². The van der Waals surface area contributed by atoms with Crippen LogP contribution in [0.5, 0.6) is 0 Å². The van der Waals surface area contributed by atoms with Crippen molar-refractivity contribution in [2.24, 2.45) is 0 Å². The molecule has 1 aromatic carbocycles. The van der Waals surface area contributed by atoms with Gasteiger partial charge in [0.25, 0.3) is 0 Å². The number of aromatic amines is 1. The summed E-state index contributed by atoms with van der Waals surface area (Å²) in [6.45, 7) is 0. The largest absolute Gasteiger partial charge is 0.416 e. The maximum Gasteiger partial charge on any atom is 0.416 e. The third-order valence-electron chi connectivity index (χ3n) is 2.10. The zero-order valence-corrected chi connectivity index (χ0v) is 8.05. The highest BCUT2D eigenvalue weighted by molar-refractivity contribution is 5.62. The van der Waals surface area contributed by atoms with Gasteiger partial charge in [-0.2, -0.15) is 18.3 Å². The van der Waals surface area contributed by atoms with Crippen molar-refractivity contribution in [3.63, 3.8) is 0 Å². The number of nitrogens with two attached hydrogens (primary N) is 1. The van der Waals surface area contributed by atoms with E-state index in [2.05, 4.69) is 10.2 Å². The second-order valence-electron chi connectivity index (χ2n) is 3.29. The minimum Gasteiger partial charge on any atom is -0.382 e. The molecule has 0 aliphatic rings. The molecule has 16 heavy (non-hydrogen) atoms. The number of H-pyrrole nitrogens is 1. The summed E-state index contributed by atoms with van der Waals surface area (Å²) in [7, 11) is 0. The summed E-state index contributed by atoms with van der Waals surface area (Å²) < 4.78 is 37.3. The molecular weight excluding hydrogens is 219 g/mol. The van der Waals surface area contributed by atoms with Crippen LogP contribution in [0.2, 0.25) is 0 Å². The van der Waals surface area contributed by atoms with E-state index in [9.17, 15) is 13.2 Å². The van der Waals surface area contributed by atoms with Crippen LogP contribution in [0.3, 0.4) is 0 Å². The second kappa shape index (κ2) is 3.55. The first-order chi connectivity index (χ1) is 7.47. The van der Waals surface area contributed by atoms with Crippen molar-refractivity contribution in [1.82, 2.24) is 10.2 Å². The average molecular weight is 227 g/mol. The zero-order chi connectivity index (χ0) is 11.8. The number of nitrogen functional groups attached to an aromatic ring is 1. The predicted molar refractivity (Wildman–Crippen MR) is 53.4 cm³/mol. The lowest BCUT2D eigenvalue weighted by Crippen LogP contribution is -2.04. The van der Waals surface area contributed by atoms with E-state index in [0.717, 1.165) is 12.1 Å². The number of rotatable bonds is 1. The second-order valence-corrected chi connectivity index (χ2v) is 3.29. The van der Waals surface area contributed by atoms with Crippen LogP contribution in [-0.4, -0.2) is 10.2 Å². The van der Waals surface area contributed by atoms with Crippen LogP contribution in [0, 0.1) is 0 Å². The molecule has 84 valence electrons. The summed E-state index contributed by atoms with van der Waals surface area (Å²) in [4.78, 5) is 0. The van der Waals surface area contributed by atoms with Gasteiger partial charge >= 0.3 is 6.18 Å². The van der Waals surface area contributed by atoms with Gasteiger partial charge < -0.3 is 5.73 Å². The fourth-order valence-corrected chi connectivity index (χ4v) is 1.35. The Balaban J connectivity index is 2.44. The van der Waals surface area contributed by atoms with Crippen LogP contribution in [0.15, 0.2) is 30.3 Å². The zero-order valence-electron chi connectivity index (χ0n) is 8.05. The van der Waals surface area contributed by atoms with Gasteiger partial charge in [0.2, 0.25) is 0 Å². The van der Waals surface area contributed by atoms with Crippen LogP contribution < -0.4 is 5.73 Å². The van der Waals surface area contributed by atoms with E-state index in [1.807, 2.05) is 0 Å². The lowest BCUT2D eigenvalue weighted by Gasteiger charge is -2.07. The van der Waals surface area contributed by atoms with Gasteiger partial charge in [-0.3, -0.25) is 5.10 Å². The monoisotopic (exact) mass is 227 g/mol. The summed E-state index contributed by atoms with van der Waals surface area (Å²) in [5.41, 5.74) is 5.54. The number of alkyl halides is 3. The van der Waals surface area contributed by atoms with Crippen molar-refractivity contribution in [3.8, 4) is 11.3 Å². The van der Waals surface area contributed by atoms with Crippen LogP contribution in [0.4, 0.5) is 19.0 Å². The first kappa shape index (κ1) is 10.5. The lowest BCUT2D eigenvalue weighted by atomic mass is 10.1. The van der Waals surface area contributed by atoms with Crippen molar-refractivity contribution < 1.29 is 13.2 Å². The van der Waals surface area contributed by atoms with E-state index in [1.54, 1.807) is 6.07 Å². The molecule has 0 saturated heterocycles. The minimum atomic E-state index is -4.35. The topological polar surface area (TPSA) is 54.7 Å². The number of hydrogen-bond donors (Lipinski definition) is 2. The Labute approximate surface area is 89.1 Å². The maximum absolute atomic E-state index is 12.4. The molecule has 2 aromatic rings. The van der Waals surface area contributed by atoms with Crippen molar-refractivity contribution in [2.75, 3.05) is 5.73 Å². The molecule has 0 bridgehead atoms. The summed E-state index contributed by atoms with van der Waals surface area (Å²) in [5.74, 6) is 0.243. The highest BCUT2D eigenvalue weighted by Gasteiger charge is 2.30. The molecule has 1 heterocycles. The standard InChI is InChI=1S/C10H8F3N3/c11-10(12,13)7-3-1-2-6(4-7)8-5-9(14)16-15-8/h1-5H,(H3,14,15,16). The van der Waals surface area contributed by atoms with E-state index in [1.165, 1.54) is 12.1 Å².